The van der Waals surface area contributed by atoms with Crippen molar-refractivity contribution in [3.8, 4) is 5.82 Å². The number of pyridine rings is 1. The first-order chi connectivity index (χ1) is 11.6. The third kappa shape index (κ3) is 2.93. The summed E-state index contributed by atoms with van der Waals surface area (Å²) in [6.45, 7) is 4.10. The number of nitrogens with zero attached hydrogens (tertiary/aromatic N) is 4. The lowest BCUT2D eigenvalue weighted by atomic mass is 10.0. The zero-order valence-electron chi connectivity index (χ0n) is 14.0. The molecule has 5 nitrogen and oxygen atoms in total. The third-order valence-electron chi connectivity index (χ3n) is 3.90. The van der Waals surface area contributed by atoms with Crippen molar-refractivity contribution in [2.75, 3.05) is 11.9 Å². The van der Waals surface area contributed by atoms with Crippen LogP contribution in [-0.2, 0) is 0 Å². The number of carbonyl (C=O) groups is 1. The van der Waals surface area contributed by atoms with Crippen molar-refractivity contribution in [3.05, 3.63) is 72.2 Å². The van der Waals surface area contributed by atoms with E-state index in [4.69, 9.17) is 0 Å². The van der Waals surface area contributed by atoms with Crippen molar-refractivity contribution in [2.45, 2.75) is 19.8 Å². The van der Waals surface area contributed by atoms with Crippen LogP contribution in [0.15, 0.2) is 60.9 Å². The summed E-state index contributed by atoms with van der Waals surface area (Å²) in [5, 5.41) is 4.41. The Bertz CT molecular complexity index is 825. The van der Waals surface area contributed by atoms with Crippen molar-refractivity contribution >= 4 is 11.6 Å². The molecule has 3 rings (SSSR count). The maximum atomic E-state index is 13.0. The fourth-order valence-corrected chi connectivity index (χ4v) is 2.69. The lowest BCUT2D eigenvalue weighted by Gasteiger charge is -2.18. The van der Waals surface area contributed by atoms with Crippen molar-refractivity contribution in [3.63, 3.8) is 0 Å². The average molecular weight is 320 g/mol. The summed E-state index contributed by atoms with van der Waals surface area (Å²) in [6.07, 6.45) is 3.35. The number of carbonyl (C=O) groups excluding carboxylic acids is 1. The highest BCUT2D eigenvalue weighted by atomic mass is 16.2. The summed E-state index contributed by atoms with van der Waals surface area (Å²) in [4.78, 5) is 19.0. The van der Waals surface area contributed by atoms with Gasteiger partial charge in [0.1, 0.15) is 0 Å². The lowest BCUT2D eigenvalue weighted by Crippen LogP contribution is -2.27. The minimum atomic E-state index is -0.0768. The number of benzene rings is 1. The van der Waals surface area contributed by atoms with Crippen LogP contribution in [0.1, 0.15) is 35.8 Å². The van der Waals surface area contributed by atoms with Crippen molar-refractivity contribution in [2.24, 2.45) is 0 Å². The Labute approximate surface area is 141 Å². The summed E-state index contributed by atoms with van der Waals surface area (Å²) < 4.78 is 1.75. The van der Waals surface area contributed by atoms with Gasteiger partial charge in [-0.15, -0.1) is 0 Å². The highest BCUT2D eigenvalue weighted by Crippen LogP contribution is 2.24. The van der Waals surface area contributed by atoms with E-state index in [1.165, 1.54) is 0 Å². The maximum Gasteiger partial charge on any atom is 0.261 e. The lowest BCUT2D eigenvalue weighted by molar-refractivity contribution is 0.0991. The fraction of sp³-hybridized carbons (Fsp3) is 0.211. The van der Waals surface area contributed by atoms with E-state index < -0.39 is 0 Å². The van der Waals surface area contributed by atoms with Gasteiger partial charge < -0.3 is 4.90 Å². The Morgan fingerprint density at radius 2 is 1.79 bits per heavy atom. The first-order valence-corrected chi connectivity index (χ1v) is 7.92. The molecule has 0 aliphatic rings. The number of aromatic nitrogens is 3. The van der Waals surface area contributed by atoms with Crippen molar-refractivity contribution in [1.82, 2.24) is 14.8 Å². The molecule has 2 heterocycles. The van der Waals surface area contributed by atoms with E-state index >= 15 is 0 Å². The van der Waals surface area contributed by atoms with Crippen molar-refractivity contribution in [1.29, 1.82) is 0 Å². The zero-order chi connectivity index (χ0) is 17.1. The Kier molecular flexibility index (Phi) is 4.42. The molecule has 0 unspecified atom stereocenters. The largest absolute Gasteiger partial charge is 0.311 e. The molecular formula is C19H20N4O. The first-order valence-electron chi connectivity index (χ1n) is 7.92. The number of rotatable bonds is 4. The number of hydrogen-bond acceptors (Lipinski definition) is 3. The maximum absolute atomic E-state index is 13.0. The molecule has 0 spiro atoms. The van der Waals surface area contributed by atoms with Gasteiger partial charge in [0.15, 0.2) is 5.82 Å². The predicted octanol–water partition coefficient (Wildman–Crippen LogP) is 3.67. The minimum Gasteiger partial charge on any atom is -0.311 e. The van der Waals surface area contributed by atoms with E-state index in [9.17, 15) is 4.79 Å². The molecule has 2 aromatic heterocycles. The number of hydrogen-bond donors (Lipinski definition) is 0. The molecule has 0 saturated heterocycles. The summed E-state index contributed by atoms with van der Waals surface area (Å²) >= 11 is 0. The fourth-order valence-electron chi connectivity index (χ4n) is 2.69. The molecule has 0 saturated carbocycles. The summed E-state index contributed by atoms with van der Waals surface area (Å²) in [6, 6.07) is 15.2. The van der Waals surface area contributed by atoms with E-state index in [0.717, 1.165) is 11.4 Å². The van der Waals surface area contributed by atoms with Crippen LogP contribution in [0.4, 0.5) is 5.69 Å². The molecular weight excluding hydrogens is 300 g/mol. The molecule has 5 heteroatoms. The van der Waals surface area contributed by atoms with Gasteiger partial charge in [-0.05, 0) is 30.2 Å². The molecule has 1 aromatic carbocycles. The minimum absolute atomic E-state index is 0.0768. The van der Waals surface area contributed by atoms with Gasteiger partial charge in [-0.3, -0.25) is 4.79 Å². The second kappa shape index (κ2) is 6.66. The standard InChI is InChI=1S/C19H20N4O/c1-14(2)18-16(13-21-23(18)17-11-7-8-12-20-17)19(24)22(3)15-9-5-4-6-10-15/h4-14H,1-3H3. The second-order valence-electron chi connectivity index (χ2n) is 5.90. The molecule has 24 heavy (non-hydrogen) atoms. The van der Waals surface area contributed by atoms with Crippen LogP contribution in [0.25, 0.3) is 5.82 Å². The zero-order valence-corrected chi connectivity index (χ0v) is 14.0. The quantitative estimate of drug-likeness (QED) is 0.737. The molecule has 0 atom stereocenters. The van der Waals surface area contributed by atoms with Crippen LogP contribution in [-0.4, -0.2) is 27.7 Å². The molecule has 1 amide bonds. The van der Waals surface area contributed by atoms with E-state index in [0.29, 0.717) is 11.4 Å². The molecule has 0 aliphatic heterocycles. The van der Waals surface area contributed by atoms with E-state index in [-0.39, 0.29) is 11.8 Å². The smallest absolute Gasteiger partial charge is 0.261 e. The molecule has 0 N–H and O–H groups in total. The van der Waals surface area contributed by atoms with E-state index in [2.05, 4.69) is 23.9 Å². The van der Waals surface area contributed by atoms with Gasteiger partial charge in [0.05, 0.1) is 17.5 Å². The van der Waals surface area contributed by atoms with Gasteiger partial charge in [-0.1, -0.05) is 38.1 Å². The van der Waals surface area contributed by atoms with Crippen LogP contribution in [0.2, 0.25) is 0 Å². The molecule has 122 valence electrons. The van der Waals surface area contributed by atoms with Gasteiger partial charge in [0.25, 0.3) is 5.91 Å². The summed E-state index contributed by atoms with van der Waals surface area (Å²) in [7, 11) is 1.78. The molecule has 0 bridgehead atoms. The monoisotopic (exact) mass is 320 g/mol. The Hall–Kier alpha value is -2.95. The van der Waals surface area contributed by atoms with Crippen LogP contribution >= 0.6 is 0 Å². The molecule has 3 aromatic rings. The van der Waals surface area contributed by atoms with Crippen LogP contribution in [0.3, 0.4) is 0 Å². The van der Waals surface area contributed by atoms with Crippen molar-refractivity contribution < 1.29 is 4.79 Å². The predicted molar refractivity (Wildman–Crippen MR) is 94.6 cm³/mol. The second-order valence-corrected chi connectivity index (χ2v) is 5.90. The van der Waals surface area contributed by atoms with Gasteiger partial charge in [-0.2, -0.15) is 5.10 Å². The normalized spacial score (nSPS) is 10.8. The third-order valence-corrected chi connectivity index (χ3v) is 3.90. The van der Waals surface area contributed by atoms with Gasteiger partial charge in [0, 0.05) is 18.9 Å². The first kappa shape index (κ1) is 15.9. The van der Waals surface area contributed by atoms with Gasteiger partial charge in [-0.25, -0.2) is 9.67 Å². The summed E-state index contributed by atoms with van der Waals surface area (Å²) in [5.74, 6) is 0.771. The average Bonchev–Trinajstić information content (AvgIpc) is 3.07. The summed E-state index contributed by atoms with van der Waals surface area (Å²) in [5.41, 5.74) is 2.31. The van der Waals surface area contributed by atoms with Crippen LogP contribution in [0, 0.1) is 0 Å². The highest BCUT2D eigenvalue weighted by molar-refractivity contribution is 6.06. The Morgan fingerprint density at radius 3 is 2.42 bits per heavy atom. The van der Waals surface area contributed by atoms with Crippen LogP contribution in [0.5, 0.6) is 0 Å². The van der Waals surface area contributed by atoms with Crippen LogP contribution < -0.4 is 4.90 Å². The van der Waals surface area contributed by atoms with E-state index in [1.54, 1.807) is 29.0 Å². The van der Waals surface area contributed by atoms with Gasteiger partial charge in [0.2, 0.25) is 0 Å². The topological polar surface area (TPSA) is 51.0 Å². The molecule has 0 radical (unpaired) electrons. The number of amides is 1. The van der Waals surface area contributed by atoms with E-state index in [1.807, 2.05) is 48.5 Å². The number of para-hydroxylation sites is 1. The SMILES string of the molecule is CC(C)c1c(C(=O)N(C)c2ccccc2)cnn1-c1ccccn1. The number of anilines is 1. The molecule has 0 fully saturated rings. The van der Waals surface area contributed by atoms with Gasteiger partial charge >= 0.3 is 0 Å². The molecule has 0 aliphatic carbocycles. The Morgan fingerprint density at radius 1 is 1.08 bits per heavy atom. The highest BCUT2D eigenvalue weighted by Gasteiger charge is 2.24. The Balaban J connectivity index is 2.02.